The van der Waals surface area contributed by atoms with Crippen molar-refractivity contribution in [2.45, 2.75) is 6.42 Å². The number of aliphatic hydroxyl groups is 1. The van der Waals surface area contributed by atoms with Crippen molar-refractivity contribution in [2.75, 3.05) is 6.61 Å². The van der Waals surface area contributed by atoms with Crippen LogP contribution in [0, 0.1) is 0 Å². The number of rotatable bonds is 3. The van der Waals surface area contributed by atoms with E-state index < -0.39 is 8.03 Å². The van der Waals surface area contributed by atoms with Crippen molar-refractivity contribution in [2.24, 2.45) is 0 Å². The molecule has 0 aliphatic heterocycles. The van der Waals surface area contributed by atoms with Crippen molar-refractivity contribution in [1.29, 1.82) is 0 Å². The maximum atomic E-state index is 10.8. The summed E-state index contributed by atoms with van der Waals surface area (Å²) in [7, 11) is -2.29. The van der Waals surface area contributed by atoms with Gasteiger partial charge in [0.1, 0.15) is 0 Å². The quantitative estimate of drug-likeness (QED) is 0.677. The molecular weight excluding hydrogens is 175 g/mol. The van der Waals surface area contributed by atoms with E-state index in [4.69, 9.17) is 10.00 Å². The molecule has 0 amide bonds. The minimum absolute atomic E-state index is 0.000185. The fourth-order valence-corrected chi connectivity index (χ4v) is 1.67. The summed E-state index contributed by atoms with van der Waals surface area (Å²) in [5.41, 5.74) is 0.739. The Kier molecular flexibility index (Phi) is 3.35. The molecule has 0 spiro atoms. The summed E-state index contributed by atoms with van der Waals surface area (Å²) >= 11 is 0. The van der Waals surface area contributed by atoms with Crippen molar-refractivity contribution < 1.29 is 14.6 Å². The minimum atomic E-state index is -2.29. The van der Waals surface area contributed by atoms with Gasteiger partial charge in [0.2, 0.25) is 5.30 Å². The Bertz CT molecular complexity index is 285. The molecule has 0 saturated heterocycles. The molecule has 1 rings (SSSR count). The largest absolute Gasteiger partial charge is 0.546 e. The van der Waals surface area contributed by atoms with Crippen LogP contribution in [0.3, 0.4) is 0 Å². The van der Waals surface area contributed by atoms with Crippen LogP contribution in [0.5, 0.6) is 0 Å². The lowest BCUT2D eigenvalue weighted by Gasteiger charge is -1.95. The van der Waals surface area contributed by atoms with Crippen molar-refractivity contribution in [1.82, 2.24) is 0 Å². The first-order valence-electron chi connectivity index (χ1n) is 3.60. The predicted octanol–water partition coefficient (Wildman–Crippen LogP) is 0.581. The summed E-state index contributed by atoms with van der Waals surface area (Å²) in [5.74, 6) is 0. The Labute approximate surface area is 71.5 Å². The summed E-state index contributed by atoms with van der Waals surface area (Å²) in [5, 5.41) is 9.07. The highest BCUT2D eigenvalue weighted by molar-refractivity contribution is 7.47. The van der Waals surface area contributed by atoms with Crippen LogP contribution in [0.1, 0.15) is 5.56 Å². The van der Waals surface area contributed by atoms with Gasteiger partial charge in [0.25, 0.3) is 0 Å². The van der Waals surface area contributed by atoms with Crippen molar-refractivity contribution in [3.63, 3.8) is 0 Å². The molecule has 0 heterocycles. The molecule has 1 aromatic carbocycles. The molecule has 0 aliphatic carbocycles. The molecular formula is C8H10O3P+. The zero-order valence-corrected chi connectivity index (χ0v) is 7.37. The molecule has 0 aromatic heterocycles. The molecule has 1 aromatic rings. The second-order valence-electron chi connectivity index (χ2n) is 2.38. The van der Waals surface area contributed by atoms with Gasteiger partial charge >= 0.3 is 8.03 Å². The van der Waals surface area contributed by atoms with Gasteiger partial charge in [0.15, 0.2) is 0 Å². The first-order chi connectivity index (χ1) is 5.75. The van der Waals surface area contributed by atoms with Crippen molar-refractivity contribution in [3.8, 4) is 0 Å². The van der Waals surface area contributed by atoms with Gasteiger partial charge in [-0.25, -0.2) is 0 Å². The van der Waals surface area contributed by atoms with Crippen LogP contribution in [0.4, 0.5) is 0 Å². The fraction of sp³-hybridized carbons (Fsp3) is 0.250. The maximum Gasteiger partial charge on any atom is 0.546 e. The van der Waals surface area contributed by atoms with Gasteiger partial charge < -0.3 is 5.11 Å². The zero-order chi connectivity index (χ0) is 8.97. The van der Waals surface area contributed by atoms with Gasteiger partial charge in [0.05, 0.1) is 0 Å². The van der Waals surface area contributed by atoms with Gasteiger partial charge in [-0.3, -0.25) is 0 Å². The smallest absolute Gasteiger partial charge is 0.396 e. The van der Waals surface area contributed by atoms with Crippen molar-refractivity contribution >= 4 is 13.3 Å². The number of aliphatic hydroxyl groups excluding tert-OH is 1. The molecule has 3 nitrogen and oxygen atoms in total. The number of hydrogen-bond donors (Lipinski definition) is 2. The monoisotopic (exact) mass is 185 g/mol. The van der Waals surface area contributed by atoms with Gasteiger partial charge in [-0.05, 0) is 10.6 Å². The van der Waals surface area contributed by atoms with Crippen LogP contribution in [0.25, 0.3) is 0 Å². The molecule has 1 atom stereocenters. The summed E-state index contributed by atoms with van der Waals surface area (Å²) in [6.45, 7) is 0.000185. The molecule has 0 bridgehead atoms. The summed E-state index contributed by atoms with van der Waals surface area (Å²) in [6.07, 6.45) is 0.428. The van der Waals surface area contributed by atoms with E-state index in [0.29, 0.717) is 11.7 Å². The third-order valence-corrected chi connectivity index (χ3v) is 2.43. The Balaban J connectivity index is 3.00. The highest BCUT2D eigenvalue weighted by Crippen LogP contribution is 2.15. The predicted molar refractivity (Wildman–Crippen MR) is 46.7 cm³/mol. The Morgan fingerprint density at radius 2 is 2.00 bits per heavy atom. The van der Waals surface area contributed by atoms with Crippen LogP contribution in [0.15, 0.2) is 24.3 Å². The topological polar surface area (TPSA) is 57.5 Å². The highest BCUT2D eigenvalue weighted by Gasteiger charge is 2.19. The average Bonchev–Trinajstić information content (AvgIpc) is 2.05. The zero-order valence-electron chi connectivity index (χ0n) is 6.47. The minimum Gasteiger partial charge on any atom is -0.396 e. The van der Waals surface area contributed by atoms with Crippen molar-refractivity contribution in [3.05, 3.63) is 29.8 Å². The van der Waals surface area contributed by atoms with E-state index in [0.717, 1.165) is 5.56 Å². The average molecular weight is 185 g/mol. The van der Waals surface area contributed by atoms with Gasteiger partial charge in [-0.1, -0.05) is 18.2 Å². The molecule has 2 N–H and O–H groups in total. The normalized spacial score (nSPS) is 11.3. The molecule has 0 radical (unpaired) electrons. The first kappa shape index (κ1) is 9.33. The Morgan fingerprint density at radius 1 is 1.33 bits per heavy atom. The van der Waals surface area contributed by atoms with Crippen LogP contribution in [-0.2, 0) is 11.0 Å². The third-order valence-electron chi connectivity index (χ3n) is 1.58. The first-order valence-corrected chi connectivity index (χ1v) is 4.82. The third kappa shape index (κ3) is 2.11. The molecule has 1 unspecified atom stereocenters. The molecule has 0 aliphatic rings. The van der Waals surface area contributed by atoms with Gasteiger partial charge in [-0.15, -0.1) is 0 Å². The van der Waals surface area contributed by atoms with E-state index in [1.807, 2.05) is 0 Å². The van der Waals surface area contributed by atoms with Crippen LogP contribution in [-0.4, -0.2) is 16.6 Å². The van der Waals surface area contributed by atoms with E-state index in [1.54, 1.807) is 24.3 Å². The molecule has 64 valence electrons. The molecule has 0 fully saturated rings. The van der Waals surface area contributed by atoms with E-state index in [-0.39, 0.29) is 6.61 Å². The van der Waals surface area contributed by atoms with Gasteiger partial charge in [0, 0.05) is 18.6 Å². The SMILES string of the molecule is O=[P+](O)c1ccccc1CCO. The van der Waals surface area contributed by atoms with E-state index >= 15 is 0 Å². The fourth-order valence-electron chi connectivity index (χ4n) is 1.03. The molecule has 12 heavy (non-hydrogen) atoms. The lowest BCUT2D eigenvalue weighted by Crippen LogP contribution is -2.06. The lowest BCUT2D eigenvalue weighted by atomic mass is 10.2. The lowest BCUT2D eigenvalue weighted by molar-refractivity contribution is 0.300. The van der Waals surface area contributed by atoms with Gasteiger partial charge in [-0.2, -0.15) is 4.89 Å². The molecule has 4 heteroatoms. The van der Waals surface area contributed by atoms with Crippen LogP contribution in [0.2, 0.25) is 0 Å². The standard InChI is InChI=1S/C8H9O3P/c9-6-5-7-3-1-2-4-8(7)12(10)11/h1-4,9H,5-6H2/p+1. The Morgan fingerprint density at radius 3 is 2.58 bits per heavy atom. The summed E-state index contributed by atoms with van der Waals surface area (Å²) in [6, 6.07) is 6.84. The maximum absolute atomic E-state index is 10.8. The Hall–Kier alpha value is -0.760. The highest BCUT2D eigenvalue weighted by atomic mass is 31.1. The summed E-state index contributed by atoms with van der Waals surface area (Å²) < 4.78 is 10.8. The van der Waals surface area contributed by atoms with E-state index in [9.17, 15) is 4.57 Å². The number of hydrogen-bond acceptors (Lipinski definition) is 2. The molecule has 0 saturated carbocycles. The number of benzene rings is 1. The van der Waals surface area contributed by atoms with E-state index in [1.165, 1.54) is 0 Å². The summed E-state index contributed by atoms with van der Waals surface area (Å²) in [4.78, 5) is 8.86. The second kappa shape index (κ2) is 4.31. The van der Waals surface area contributed by atoms with Crippen LogP contribution < -0.4 is 5.30 Å². The second-order valence-corrected chi connectivity index (χ2v) is 3.40. The van der Waals surface area contributed by atoms with E-state index in [2.05, 4.69) is 0 Å². The van der Waals surface area contributed by atoms with Crippen LogP contribution >= 0.6 is 8.03 Å².